The monoisotopic (exact) mass is 903 g/mol. The molecule has 4 N–H and O–H groups in total. The lowest BCUT2D eigenvalue weighted by molar-refractivity contribution is -0.193. The van der Waals surface area contributed by atoms with Gasteiger partial charge < -0.3 is 45.1 Å². The molecule has 1 saturated heterocycles. The summed E-state index contributed by atoms with van der Waals surface area (Å²) in [6.07, 6.45) is 12.4. The minimum absolute atomic E-state index is 0.00294. The molecule has 64 heavy (non-hydrogen) atoms. The number of ether oxygens (including phenoxy) is 3. The fourth-order valence-electron chi connectivity index (χ4n) is 13.7. The first-order chi connectivity index (χ1) is 30.4. The van der Waals surface area contributed by atoms with Gasteiger partial charge in [-0.15, -0.1) is 0 Å². The van der Waals surface area contributed by atoms with Crippen molar-refractivity contribution in [1.29, 1.82) is 0 Å². The van der Waals surface area contributed by atoms with E-state index in [4.69, 9.17) is 14.3 Å². The topological polar surface area (TPSA) is 171 Å². The summed E-state index contributed by atoms with van der Waals surface area (Å²) in [4.78, 5) is 64.9. The van der Waals surface area contributed by atoms with E-state index in [0.29, 0.717) is 30.2 Å². The SMILES string of the molecule is COC(=O)CNC(=O)O[C@@H](C)[C@H]1[C@H](CO)ON(CC2CCCC(C3CC(C(=O)N[C@@H](CC4CCCCC4)CN(C)C)CC(N(C)C)C3)C2OC)[C@@H]1C(=O)N[C@H]1C[C@H]2C[C@@H]([C@@H]1C)C2(C)C. The zero-order valence-corrected chi connectivity index (χ0v) is 41.0. The molecule has 6 unspecified atom stereocenters. The summed E-state index contributed by atoms with van der Waals surface area (Å²) in [5.74, 6) is 1.09. The van der Waals surface area contributed by atoms with Crippen molar-refractivity contribution in [3.8, 4) is 0 Å². The number of carbonyl (C=O) groups excluding carboxylic acids is 4. The molecule has 6 saturated carbocycles. The number of methoxy groups -OCH3 is 2. The number of amides is 3. The van der Waals surface area contributed by atoms with Crippen molar-refractivity contribution >= 4 is 23.9 Å². The molecule has 0 aromatic carbocycles. The molecule has 15 atom stereocenters. The molecule has 0 aromatic rings. The number of nitrogens with zero attached hydrogens (tertiary/aromatic N) is 3. The van der Waals surface area contributed by atoms with Crippen LogP contribution in [0, 0.1) is 58.7 Å². The van der Waals surface area contributed by atoms with Crippen molar-refractivity contribution in [3.05, 3.63) is 0 Å². The second-order valence-corrected chi connectivity index (χ2v) is 22.1. The molecule has 1 heterocycles. The molecule has 6 aliphatic carbocycles. The van der Waals surface area contributed by atoms with E-state index in [2.05, 4.69) is 79.4 Å². The Labute approximate surface area is 384 Å². The minimum Gasteiger partial charge on any atom is -0.468 e. The zero-order chi connectivity index (χ0) is 46.5. The van der Waals surface area contributed by atoms with Gasteiger partial charge in [0.05, 0.1) is 25.7 Å². The summed E-state index contributed by atoms with van der Waals surface area (Å²) in [6.45, 7) is 9.12. The number of aliphatic hydroxyl groups excluding tert-OH is 1. The van der Waals surface area contributed by atoms with Gasteiger partial charge in [0.25, 0.3) is 0 Å². The van der Waals surface area contributed by atoms with Crippen LogP contribution in [0.25, 0.3) is 0 Å². The Morgan fingerprint density at radius 3 is 2.28 bits per heavy atom. The predicted octanol–water partition coefficient (Wildman–Crippen LogP) is 4.85. The Morgan fingerprint density at radius 1 is 0.922 bits per heavy atom. The molecule has 7 fully saturated rings. The second-order valence-electron chi connectivity index (χ2n) is 22.1. The van der Waals surface area contributed by atoms with Gasteiger partial charge in [-0.3, -0.25) is 19.2 Å². The van der Waals surface area contributed by atoms with Crippen LogP contribution in [0.3, 0.4) is 0 Å². The van der Waals surface area contributed by atoms with Crippen LogP contribution in [0.1, 0.15) is 118 Å². The quantitative estimate of drug-likeness (QED) is 0.138. The first kappa shape index (κ1) is 50.8. The highest BCUT2D eigenvalue weighted by Gasteiger charge is 2.58. The van der Waals surface area contributed by atoms with Gasteiger partial charge in [-0.25, -0.2) is 4.79 Å². The molecule has 15 nitrogen and oxygen atoms in total. The number of hydrogen-bond acceptors (Lipinski definition) is 12. The maximum atomic E-state index is 14.8. The number of hydroxylamine groups is 2. The van der Waals surface area contributed by atoms with Crippen LogP contribution in [0.4, 0.5) is 4.79 Å². The van der Waals surface area contributed by atoms with Crippen LogP contribution in [0.15, 0.2) is 0 Å². The normalized spacial score (nSPS) is 36.4. The summed E-state index contributed by atoms with van der Waals surface area (Å²) in [5, 5.41) is 22.0. The maximum Gasteiger partial charge on any atom is 0.407 e. The Hall–Kier alpha value is -2.56. The number of esters is 1. The summed E-state index contributed by atoms with van der Waals surface area (Å²) in [6, 6.07) is -0.463. The lowest BCUT2D eigenvalue weighted by Gasteiger charge is -2.62. The van der Waals surface area contributed by atoms with Crippen LogP contribution in [0.2, 0.25) is 0 Å². The molecular formula is C49H86N6O9. The Morgan fingerprint density at radius 2 is 1.66 bits per heavy atom. The first-order valence-corrected chi connectivity index (χ1v) is 25.0. The maximum absolute atomic E-state index is 14.8. The third kappa shape index (κ3) is 11.9. The number of rotatable bonds is 18. The third-order valence-corrected chi connectivity index (χ3v) is 17.3. The summed E-state index contributed by atoms with van der Waals surface area (Å²) >= 11 is 0. The van der Waals surface area contributed by atoms with Crippen LogP contribution < -0.4 is 16.0 Å². The molecule has 3 amide bonds. The first-order valence-electron chi connectivity index (χ1n) is 25.0. The molecule has 15 heteroatoms. The number of nitrogens with one attached hydrogen (secondary N) is 3. The second kappa shape index (κ2) is 22.5. The lowest BCUT2D eigenvalue weighted by Crippen LogP contribution is -2.62. The number of likely N-dealkylation sites (N-methyl/N-ethyl adjacent to an activating group) is 1. The van der Waals surface area contributed by atoms with Crippen molar-refractivity contribution < 1.29 is 43.3 Å². The number of aliphatic hydroxyl groups is 1. The smallest absolute Gasteiger partial charge is 0.407 e. The number of hydrogen-bond donors (Lipinski definition) is 4. The van der Waals surface area contributed by atoms with Gasteiger partial charge in [0, 0.05) is 50.2 Å². The van der Waals surface area contributed by atoms with Crippen molar-refractivity contribution in [2.24, 2.45) is 58.7 Å². The van der Waals surface area contributed by atoms with Crippen molar-refractivity contribution in [1.82, 2.24) is 30.8 Å². The third-order valence-electron chi connectivity index (χ3n) is 17.3. The lowest BCUT2D eigenvalue weighted by atomic mass is 9.45. The van der Waals surface area contributed by atoms with E-state index in [1.165, 1.54) is 45.6 Å². The van der Waals surface area contributed by atoms with E-state index in [9.17, 15) is 24.3 Å². The molecule has 0 spiro atoms. The van der Waals surface area contributed by atoms with Gasteiger partial charge in [-0.1, -0.05) is 59.3 Å². The van der Waals surface area contributed by atoms with Crippen molar-refractivity contribution in [2.45, 2.75) is 160 Å². The number of alkyl carbamates (subject to hydrolysis) is 1. The molecule has 7 rings (SSSR count). The van der Waals surface area contributed by atoms with E-state index in [1.54, 1.807) is 19.1 Å². The molecule has 366 valence electrons. The van der Waals surface area contributed by atoms with E-state index in [-0.39, 0.29) is 78.3 Å². The van der Waals surface area contributed by atoms with Crippen molar-refractivity contribution in [2.75, 3.05) is 68.7 Å². The van der Waals surface area contributed by atoms with Crippen LogP contribution in [-0.2, 0) is 33.4 Å². The number of carbonyl (C=O) groups is 4. The summed E-state index contributed by atoms with van der Waals surface area (Å²) in [5.41, 5.74) is 0.248. The van der Waals surface area contributed by atoms with E-state index in [1.807, 2.05) is 0 Å². The Bertz CT molecular complexity index is 1560. The molecule has 1 aliphatic heterocycles. The van der Waals surface area contributed by atoms with E-state index in [0.717, 1.165) is 57.9 Å². The summed E-state index contributed by atoms with van der Waals surface area (Å²) in [7, 11) is 11.5. The van der Waals surface area contributed by atoms with E-state index >= 15 is 0 Å². The fourth-order valence-corrected chi connectivity index (χ4v) is 13.7. The molecule has 0 radical (unpaired) electrons. The zero-order valence-electron chi connectivity index (χ0n) is 41.0. The highest BCUT2D eigenvalue weighted by Crippen LogP contribution is 2.61. The van der Waals surface area contributed by atoms with Gasteiger partial charge in [0.15, 0.2) is 0 Å². The van der Waals surface area contributed by atoms with Gasteiger partial charge in [-0.2, -0.15) is 5.06 Å². The average Bonchev–Trinajstić information content (AvgIpc) is 3.64. The fraction of sp³-hybridized carbons (Fsp3) is 0.918. The van der Waals surface area contributed by atoms with Gasteiger partial charge in [-0.05, 0) is 127 Å². The minimum atomic E-state index is -0.860. The summed E-state index contributed by atoms with van der Waals surface area (Å²) < 4.78 is 17.0. The standard InChI is InChI=1S/C49H86N6O9/c1-29-39-23-35(49(39,3)4)24-40(29)52-47(59)44-43(30(2)63-48(60)50-25-42(57)61-9)41(28-56)64-55(44)26-32-17-14-18-38(45(32)62-10)33-20-34(22-37(21-33)54(7)8)46(58)51-36(27-53(5)6)19-31-15-12-11-13-16-31/h29-41,43-45,56H,11-28H2,1-10H3,(H,50,60)(H,51,58)(H,52,59)/t29-,30-,32?,33?,34?,35+,36-,37?,38?,39-,40-,41-,43-,44-,45?/m0/s1. The van der Waals surface area contributed by atoms with Crippen LogP contribution in [-0.4, -0.2) is 155 Å². The highest BCUT2D eigenvalue weighted by molar-refractivity contribution is 5.83. The van der Waals surface area contributed by atoms with Crippen molar-refractivity contribution in [3.63, 3.8) is 0 Å². The van der Waals surface area contributed by atoms with Gasteiger partial charge in [0.2, 0.25) is 11.8 Å². The van der Waals surface area contributed by atoms with Gasteiger partial charge >= 0.3 is 12.1 Å². The molecule has 2 bridgehead atoms. The Balaban J connectivity index is 1.19. The highest BCUT2D eigenvalue weighted by atomic mass is 16.7. The average molecular weight is 903 g/mol. The number of fused-ring (bicyclic) bond motifs is 2. The van der Waals surface area contributed by atoms with Crippen LogP contribution >= 0.6 is 0 Å². The Kier molecular flexibility index (Phi) is 17.9. The van der Waals surface area contributed by atoms with Crippen LogP contribution in [0.5, 0.6) is 0 Å². The molecule has 7 aliphatic rings. The van der Waals surface area contributed by atoms with Gasteiger partial charge in [0.1, 0.15) is 24.8 Å². The predicted molar refractivity (Wildman–Crippen MR) is 245 cm³/mol. The molecule has 0 aromatic heterocycles. The molecular weight excluding hydrogens is 817 g/mol. The van der Waals surface area contributed by atoms with E-state index < -0.39 is 36.2 Å². The largest absolute Gasteiger partial charge is 0.468 e.